The van der Waals surface area contributed by atoms with Crippen molar-refractivity contribution < 1.29 is 4.79 Å². The summed E-state index contributed by atoms with van der Waals surface area (Å²) in [7, 11) is 0. The van der Waals surface area contributed by atoms with Gasteiger partial charge in [0.25, 0.3) is 0 Å². The number of hydrogen-bond acceptors (Lipinski definition) is 7. The van der Waals surface area contributed by atoms with Crippen LogP contribution >= 0.6 is 11.3 Å². The maximum Gasteiger partial charge on any atom is 0.231 e. The van der Waals surface area contributed by atoms with Gasteiger partial charge in [-0.15, -0.1) is 21.5 Å². The number of aromatic nitrogens is 5. The lowest BCUT2D eigenvalue weighted by Crippen LogP contribution is -2.41. The summed E-state index contributed by atoms with van der Waals surface area (Å²) in [6.45, 7) is 9.42. The van der Waals surface area contributed by atoms with Crippen molar-refractivity contribution in [3.8, 4) is 5.82 Å². The van der Waals surface area contributed by atoms with Crippen molar-refractivity contribution in [1.82, 2.24) is 25.0 Å². The van der Waals surface area contributed by atoms with Gasteiger partial charge in [0.05, 0.1) is 17.3 Å². The van der Waals surface area contributed by atoms with Crippen LogP contribution in [0.5, 0.6) is 0 Å². The van der Waals surface area contributed by atoms with Crippen molar-refractivity contribution >= 4 is 28.2 Å². The Kier molecular flexibility index (Phi) is 5.31. The molecule has 1 aliphatic heterocycles. The van der Waals surface area contributed by atoms with Gasteiger partial charge in [0.15, 0.2) is 16.8 Å². The largest absolute Gasteiger partial charge is 0.354 e. The second kappa shape index (κ2) is 7.90. The Morgan fingerprint density at radius 1 is 1.17 bits per heavy atom. The van der Waals surface area contributed by atoms with Crippen molar-refractivity contribution in [3.05, 3.63) is 40.2 Å². The van der Waals surface area contributed by atoms with E-state index in [0.717, 1.165) is 47.2 Å². The van der Waals surface area contributed by atoms with E-state index in [-0.39, 0.29) is 11.8 Å². The molecule has 9 heteroatoms. The average molecular weight is 412 g/mol. The maximum atomic E-state index is 12.7. The van der Waals surface area contributed by atoms with Crippen LogP contribution in [0.2, 0.25) is 0 Å². The van der Waals surface area contributed by atoms with E-state index >= 15 is 0 Å². The predicted octanol–water partition coefficient (Wildman–Crippen LogP) is 3.21. The molecule has 1 unspecified atom stereocenters. The lowest BCUT2D eigenvalue weighted by Gasteiger charge is -2.32. The molecule has 1 amide bonds. The summed E-state index contributed by atoms with van der Waals surface area (Å²) in [5, 5.41) is 16.8. The summed E-state index contributed by atoms with van der Waals surface area (Å²) >= 11 is 1.52. The lowest BCUT2D eigenvalue weighted by molar-refractivity contribution is -0.120. The number of carbonyl (C=O) groups is 1. The van der Waals surface area contributed by atoms with Gasteiger partial charge in [0, 0.05) is 23.7 Å². The molecule has 1 fully saturated rings. The average Bonchev–Trinajstić information content (AvgIpc) is 3.21. The molecule has 1 atom stereocenters. The van der Waals surface area contributed by atoms with Crippen LogP contribution in [0.4, 0.5) is 10.9 Å². The Morgan fingerprint density at radius 2 is 1.93 bits per heavy atom. The smallest absolute Gasteiger partial charge is 0.231 e. The van der Waals surface area contributed by atoms with E-state index in [2.05, 4.69) is 30.5 Å². The number of hydrogen-bond donors (Lipinski definition) is 1. The minimum absolute atomic E-state index is 0.0238. The van der Waals surface area contributed by atoms with Gasteiger partial charge < -0.3 is 10.2 Å². The maximum absolute atomic E-state index is 12.7. The van der Waals surface area contributed by atoms with Gasteiger partial charge in [-0.25, -0.2) is 9.67 Å². The minimum Gasteiger partial charge on any atom is -0.354 e. The highest BCUT2D eigenvalue weighted by Crippen LogP contribution is 2.25. The quantitative estimate of drug-likeness (QED) is 0.709. The third-order valence-electron chi connectivity index (χ3n) is 5.24. The Bertz CT molecular complexity index is 1000. The summed E-state index contributed by atoms with van der Waals surface area (Å²) < 4.78 is 1.79. The molecule has 1 saturated heterocycles. The van der Waals surface area contributed by atoms with Crippen molar-refractivity contribution in [2.24, 2.45) is 5.92 Å². The summed E-state index contributed by atoms with van der Waals surface area (Å²) in [5.41, 5.74) is 2.93. The highest BCUT2D eigenvalue weighted by molar-refractivity contribution is 7.15. The van der Waals surface area contributed by atoms with Crippen LogP contribution in [0, 0.1) is 33.6 Å². The number of nitrogens with zero attached hydrogens (tertiary/aromatic N) is 6. The Labute approximate surface area is 174 Å². The zero-order valence-corrected chi connectivity index (χ0v) is 18.0. The minimum atomic E-state index is -0.0919. The Balaban J connectivity index is 1.44. The molecule has 0 spiro atoms. The summed E-state index contributed by atoms with van der Waals surface area (Å²) in [6, 6.07) is 5.88. The third-order valence-corrected chi connectivity index (χ3v) is 6.23. The highest BCUT2D eigenvalue weighted by atomic mass is 32.1. The van der Waals surface area contributed by atoms with Crippen molar-refractivity contribution in [1.29, 1.82) is 0 Å². The number of nitrogens with one attached hydrogen (secondary N) is 1. The Hall–Kier alpha value is -2.81. The normalized spacial score (nSPS) is 16.8. The van der Waals surface area contributed by atoms with Crippen molar-refractivity contribution in [3.63, 3.8) is 0 Å². The fourth-order valence-corrected chi connectivity index (χ4v) is 4.41. The van der Waals surface area contributed by atoms with Gasteiger partial charge in [0.2, 0.25) is 5.91 Å². The van der Waals surface area contributed by atoms with Crippen LogP contribution in [0.25, 0.3) is 5.82 Å². The first-order chi connectivity index (χ1) is 13.9. The van der Waals surface area contributed by atoms with Gasteiger partial charge in [-0.3, -0.25) is 4.79 Å². The highest BCUT2D eigenvalue weighted by Gasteiger charge is 2.27. The van der Waals surface area contributed by atoms with Crippen molar-refractivity contribution in [2.45, 2.75) is 40.5 Å². The van der Waals surface area contributed by atoms with Crippen LogP contribution in [0.3, 0.4) is 0 Å². The van der Waals surface area contributed by atoms with Gasteiger partial charge in [0.1, 0.15) is 0 Å². The van der Waals surface area contributed by atoms with E-state index in [9.17, 15) is 4.79 Å². The van der Waals surface area contributed by atoms with E-state index in [4.69, 9.17) is 0 Å². The van der Waals surface area contributed by atoms with E-state index in [1.54, 1.807) is 4.68 Å². The molecule has 3 aromatic heterocycles. The molecule has 8 nitrogen and oxygen atoms in total. The molecule has 1 aliphatic rings. The fraction of sp³-hybridized carbons (Fsp3) is 0.450. The van der Waals surface area contributed by atoms with Gasteiger partial charge in [-0.05, 0) is 58.7 Å². The molecule has 1 N–H and O–H groups in total. The number of piperidine rings is 1. The monoisotopic (exact) mass is 411 g/mol. The standard InChI is InChI=1S/C20H25N7OS/c1-12-10-13(2)27(25-12)18-8-7-17(23-24-18)26-9-5-6-16(11-26)19(28)22-20-21-14(3)15(4)29-20/h7-8,10,16H,5-6,9,11H2,1-4H3,(H,21,22,28). The first-order valence-electron chi connectivity index (χ1n) is 9.78. The van der Waals surface area contributed by atoms with Gasteiger partial charge in [-0.1, -0.05) is 0 Å². The van der Waals surface area contributed by atoms with Gasteiger partial charge >= 0.3 is 0 Å². The molecule has 0 bridgehead atoms. The topological polar surface area (TPSA) is 88.8 Å². The summed E-state index contributed by atoms with van der Waals surface area (Å²) in [5.74, 6) is 1.41. The van der Waals surface area contributed by atoms with Crippen LogP contribution in [0.1, 0.15) is 34.8 Å². The molecule has 3 aromatic rings. The zero-order valence-electron chi connectivity index (χ0n) is 17.1. The van der Waals surface area contributed by atoms with Crippen LogP contribution in [-0.2, 0) is 4.79 Å². The lowest BCUT2D eigenvalue weighted by atomic mass is 9.97. The SMILES string of the molecule is Cc1cc(C)n(-c2ccc(N3CCCC(C(=O)Nc4nc(C)c(C)s4)C3)nn2)n1. The molecule has 0 saturated carbocycles. The third kappa shape index (κ3) is 4.14. The number of anilines is 2. The van der Waals surface area contributed by atoms with Crippen molar-refractivity contribution in [2.75, 3.05) is 23.3 Å². The molecular formula is C20H25N7OS. The molecule has 0 aliphatic carbocycles. The van der Waals surface area contributed by atoms with E-state index in [1.807, 2.05) is 45.9 Å². The van der Waals surface area contributed by atoms with Gasteiger partial charge in [-0.2, -0.15) is 5.10 Å². The van der Waals surface area contributed by atoms with Crippen LogP contribution in [-0.4, -0.2) is 44.0 Å². The molecule has 0 radical (unpaired) electrons. The zero-order chi connectivity index (χ0) is 20.5. The second-order valence-corrected chi connectivity index (χ2v) is 8.73. The number of aryl methyl sites for hydroxylation is 4. The fourth-order valence-electron chi connectivity index (χ4n) is 3.59. The number of thiazole rings is 1. The second-order valence-electron chi connectivity index (χ2n) is 7.52. The van der Waals surface area contributed by atoms with E-state index < -0.39 is 0 Å². The van der Waals surface area contributed by atoms with E-state index in [1.165, 1.54) is 11.3 Å². The molecular weight excluding hydrogens is 386 g/mol. The predicted molar refractivity (Wildman–Crippen MR) is 114 cm³/mol. The summed E-state index contributed by atoms with van der Waals surface area (Å²) in [6.07, 6.45) is 1.80. The first-order valence-corrected chi connectivity index (χ1v) is 10.6. The number of amides is 1. The molecule has 152 valence electrons. The van der Waals surface area contributed by atoms with Crippen LogP contribution < -0.4 is 10.2 Å². The summed E-state index contributed by atoms with van der Waals surface area (Å²) in [4.78, 5) is 20.4. The number of rotatable bonds is 4. The molecule has 29 heavy (non-hydrogen) atoms. The first kappa shape index (κ1) is 19.5. The molecule has 0 aromatic carbocycles. The van der Waals surface area contributed by atoms with E-state index in [0.29, 0.717) is 17.5 Å². The molecule has 4 rings (SSSR count). The van der Waals surface area contributed by atoms with Crippen LogP contribution in [0.15, 0.2) is 18.2 Å². The molecule has 4 heterocycles. The number of carbonyl (C=O) groups excluding carboxylic acids is 1. The Morgan fingerprint density at radius 3 is 2.55 bits per heavy atom.